The Morgan fingerprint density at radius 1 is 1.05 bits per heavy atom. The number of amides is 3. The van der Waals surface area contributed by atoms with Gasteiger partial charge >= 0.3 is 0 Å². The third kappa shape index (κ3) is 5.80. The number of fused-ring (bicyclic) bond motifs is 7. The topological polar surface area (TPSA) is 115 Å². The minimum Gasteiger partial charge on any atom is -0.493 e. The second-order valence-electron chi connectivity index (χ2n) is 9.44. The molecule has 0 aliphatic carbocycles. The Hall–Kier alpha value is -3.79. The van der Waals surface area contributed by atoms with Crippen LogP contribution >= 0.6 is 0 Å². The van der Waals surface area contributed by atoms with Gasteiger partial charge in [0.1, 0.15) is 11.9 Å². The van der Waals surface area contributed by atoms with Gasteiger partial charge in [0.05, 0.1) is 19.7 Å². The quantitative estimate of drug-likeness (QED) is 0.631. The van der Waals surface area contributed by atoms with Gasteiger partial charge in [-0.15, -0.1) is 0 Å². The third-order valence-corrected chi connectivity index (χ3v) is 6.95. The highest BCUT2D eigenvalue weighted by molar-refractivity contribution is 5.95. The number of benzene rings is 2. The highest BCUT2D eigenvalue weighted by Crippen LogP contribution is 2.29. The maximum Gasteiger partial charge on any atom is 0.258 e. The van der Waals surface area contributed by atoms with Gasteiger partial charge in [-0.2, -0.15) is 0 Å². The molecule has 10 nitrogen and oxygen atoms in total. The molecule has 0 saturated carbocycles. The molecule has 2 saturated heterocycles. The molecular weight excluding hydrogens is 478 g/mol. The molecule has 3 amide bonds. The van der Waals surface area contributed by atoms with Gasteiger partial charge in [0.2, 0.25) is 5.91 Å². The average Bonchev–Trinajstić information content (AvgIpc) is 3.32. The van der Waals surface area contributed by atoms with Crippen LogP contribution < -0.4 is 24.8 Å². The fourth-order valence-corrected chi connectivity index (χ4v) is 4.85. The Bertz CT molecular complexity index is 1150. The predicted octanol–water partition coefficient (Wildman–Crippen LogP) is 1.52. The fourth-order valence-electron chi connectivity index (χ4n) is 4.85. The summed E-state index contributed by atoms with van der Waals surface area (Å²) >= 11 is 0. The van der Waals surface area contributed by atoms with Crippen LogP contribution in [0.15, 0.2) is 42.5 Å². The number of ether oxygens (including phenoxy) is 4. The first-order chi connectivity index (χ1) is 18.0. The van der Waals surface area contributed by atoms with E-state index in [9.17, 15) is 14.4 Å². The van der Waals surface area contributed by atoms with E-state index >= 15 is 0 Å². The summed E-state index contributed by atoms with van der Waals surface area (Å²) in [5.74, 6) is 0.675. The van der Waals surface area contributed by atoms with Crippen molar-refractivity contribution in [3.05, 3.63) is 53.6 Å². The van der Waals surface area contributed by atoms with Gasteiger partial charge in [0, 0.05) is 37.8 Å². The largest absolute Gasteiger partial charge is 0.493 e. The number of likely N-dealkylation sites (tertiary alicyclic amines) is 1. The molecule has 2 aromatic rings. The molecule has 6 rings (SSSR count). The number of hydrogen-bond acceptors (Lipinski definition) is 7. The smallest absolute Gasteiger partial charge is 0.258 e. The number of nitrogens with one attached hydrogen (secondary N) is 2. The van der Waals surface area contributed by atoms with Crippen molar-refractivity contribution in [3.8, 4) is 17.2 Å². The summed E-state index contributed by atoms with van der Waals surface area (Å²) in [5.41, 5.74) is 1.25. The zero-order valence-electron chi connectivity index (χ0n) is 20.7. The summed E-state index contributed by atoms with van der Waals surface area (Å²) in [7, 11) is 1.49. The molecule has 37 heavy (non-hydrogen) atoms. The lowest BCUT2D eigenvalue weighted by molar-refractivity contribution is -0.137. The van der Waals surface area contributed by atoms with Crippen molar-refractivity contribution in [2.24, 2.45) is 5.92 Å². The van der Waals surface area contributed by atoms with Crippen LogP contribution in [0.25, 0.3) is 0 Å². The minimum atomic E-state index is -0.428. The zero-order chi connectivity index (χ0) is 25.8. The molecule has 2 aromatic carbocycles. The van der Waals surface area contributed by atoms with Crippen molar-refractivity contribution < 1.29 is 33.3 Å². The molecule has 4 aliphatic rings. The van der Waals surface area contributed by atoms with Crippen molar-refractivity contribution in [1.29, 1.82) is 0 Å². The molecule has 10 heteroatoms. The van der Waals surface area contributed by atoms with Crippen molar-refractivity contribution >= 4 is 17.7 Å². The predicted molar refractivity (Wildman–Crippen MR) is 133 cm³/mol. The zero-order valence-corrected chi connectivity index (χ0v) is 20.7. The molecule has 4 bridgehead atoms. The molecule has 0 radical (unpaired) electrons. The molecule has 196 valence electrons. The lowest BCUT2D eigenvalue weighted by atomic mass is 9.99. The number of rotatable bonds is 2. The molecule has 2 N–H and O–H groups in total. The maximum absolute atomic E-state index is 13.3. The summed E-state index contributed by atoms with van der Waals surface area (Å²) < 4.78 is 22.7. The van der Waals surface area contributed by atoms with Gasteiger partial charge in [-0.25, -0.2) is 0 Å². The monoisotopic (exact) mass is 509 g/mol. The van der Waals surface area contributed by atoms with Crippen molar-refractivity contribution in [2.75, 3.05) is 40.0 Å². The normalized spacial score (nSPS) is 22.7. The Morgan fingerprint density at radius 3 is 2.59 bits per heavy atom. The maximum atomic E-state index is 13.3. The summed E-state index contributed by atoms with van der Waals surface area (Å²) in [6, 6.07) is 11.8. The van der Waals surface area contributed by atoms with Gasteiger partial charge in [-0.3, -0.25) is 14.4 Å². The number of carbonyl (C=O) groups is 3. The van der Waals surface area contributed by atoms with Crippen LogP contribution in [0.3, 0.4) is 0 Å². The highest BCUT2D eigenvalue weighted by Gasteiger charge is 2.40. The average molecular weight is 510 g/mol. The molecule has 2 atom stereocenters. The Labute approximate surface area is 215 Å². The molecular formula is C27H31N3O7. The lowest BCUT2D eigenvalue weighted by Gasteiger charge is -2.26. The van der Waals surface area contributed by atoms with E-state index in [1.54, 1.807) is 23.1 Å². The highest BCUT2D eigenvalue weighted by atomic mass is 16.5. The summed E-state index contributed by atoms with van der Waals surface area (Å²) in [5, 5.41) is 5.86. The number of nitrogens with zero attached hydrogens (tertiary/aromatic N) is 1. The van der Waals surface area contributed by atoms with Gasteiger partial charge in [0.15, 0.2) is 18.1 Å². The second-order valence-corrected chi connectivity index (χ2v) is 9.44. The van der Waals surface area contributed by atoms with Crippen LogP contribution in [-0.2, 0) is 20.9 Å². The van der Waals surface area contributed by atoms with Crippen LogP contribution in [-0.4, -0.2) is 74.8 Å². The van der Waals surface area contributed by atoms with Gasteiger partial charge in [0.25, 0.3) is 11.8 Å². The van der Waals surface area contributed by atoms with Crippen LogP contribution in [0, 0.1) is 5.92 Å². The molecule has 2 fully saturated rings. The Kier molecular flexibility index (Phi) is 7.45. The Balaban J connectivity index is 1.42. The lowest BCUT2D eigenvalue weighted by Crippen LogP contribution is -2.45. The first-order valence-electron chi connectivity index (χ1n) is 12.5. The molecule has 0 spiro atoms. The first kappa shape index (κ1) is 24.9. The van der Waals surface area contributed by atoms with Crippen LogP contribution in [0.4, 0.5) is 0 Å². The molecule has 0 unspecified atom stereocenters. The number of hydrogen-bond donors (Lipinski definition) is 2. The van der Waals surface area contributed by atoms with E-state index in [-0.39, 0.29) is 36.0 Å². The minimum absolute atomic E-state index is 0.0713. The molecule has 0 aromatic heterocycles. The van der Waals surface area contributed by atoms with E-state index in [0.717, 1.165) is 5.56 Å². The number of carbonyl (C=O) groups excluding carboxylic acids is 3. The van der Waals surface area contributed by atoms with Gasteiger partial charge in [-0.1, -0.05) is 12.1 Å². The number of methoxy groups -OCH3 is 1. The van der Waals surface area contributed by atoms with E-state index in [1.165, 1.54) is 7.11 Å². The van der Waals surface area contributed by atoms with E-state index in [0.29, 0.717) is 62.8 Å². The van der Waals surface area contributed by atoms with E-state index in [2.05, 4.69) is 10.6 Å². The van der Waals surface area contributed by atoms with Crippen LogP contribution in [0.1, 0.15) is 28.8 Å². The molecule has 4 heterocycles. The van der Waals surface area contributed by atoms with Gasteiger partial charge < -0.3 is 34.5 Å². The summed E-state index contributed by atoms with van der Waals surface area (Å²) in [6.45, 7) is 1.99. The second kappa shape index (κ2) is 11.1. The summed E-state index contributed by atoms with van der Waals surface area (Å²) in [4.78, 5) is 40.6. The Morgan fingerprint density at radius 2 is 1.84 bits per heavy atom. The summed E-state index contributed by atoms with van der Waals surface area (Å²) in [6.07, 6.45) is 0.970. The van der Waals surface area contributed by atoms with Crippen molar-refractivity contribution in [1.82, 2.24) is 15.5 Å². The van der Waals surface area contributed by atoms with Crippen LogP contribution in [0.2, 0.25) is 0 Å². The van der Waals surface area contributed by atoms with Crippen LogP contribution in [0.5, 0.6) is 17.2 Å². The molecule has 4 aliphatic heterocycles. The van der Waals surface area contributed by atoms with Gasteiger partial charge in [-0.05, 0) is 48.7 Å². The van der Waals surface area contributed by atoms with E-state index < -0.39 is 12.1 Å². The van der Waals surface area contributed by atoms with Crippen molar-refractivity contribution in [2.45, 2.75) is 31.5 Å². The first-order valence-corrected chi connectivity index (χ1v) is 12.5. The SMILES string of the molecule is COc1ccc2cc1OCC(=O)NCc1ccc(cc1)O[C@H]1CN(C(=O)C3CCOCC3)C[C@@H]1NC2=O. The van der Waals surface area contributed by atoms with Crippen molar-refractivity contribution in [3.63, 3.8) is 0 Å². The standard InChI is InChI=1S/C27H31N3O7/c1-34-22-7-4-19-12-23(22)36-16-25(31)28-13-17-2-5-20(6-3-17)37-24-15-30(14-21(24)29-26(19)32)27(33)18-8-10-35-11-9-18/h2-7,12,18,21,24H,8-11,13-16H2,1H3,(H,28,31)(H,29,32)/t21-,24-/m0/s1. The fraction of sp³-hybridized carbons (Fsp3) is 0.444. The third-order valence-electron chi connectivity index (χ3n) is 6.95. The van der Waals surface area contributed by atoms with E-state index in [4.69, 9.17) is 18.9 Å². The van der Waals surface area contributed by atoms with E-state index in [1.807, 2.05) is 24.3 Å².